The Morgan fingerprint density at radius 1 is 1.33 bits per heavy atom. The van der Waals surface area contributed by atoms with Crippen LogP contribution in [0.2, 0.25) is 0 Å². The van der Waals surface area contributed by atoms with Gasteiger partial charge in [-0.2, -0.15) is 5.26 Å². The molecule has 0 aliphatic rings. The average Bonchev–Trinajstić information content (AvgIpc) is 2.36. The van der Waals surface area contributed by atoms with Gasteiger partial charge in [-0.1, -0.05) is 6.07 Å². The molecule has 98 valence electrons. The molecule has 1 unspecified atom stereocenters. The van der Waals surface area contributed by atoms with E-state index in [1.165, 1.54) is 0 Å². The van der Waals surface area contributed by atoms with Gasteiger partial charge in [0.15, 0.2) is 11.5 Å². The largest absolute Gasteiger partial charge is 0.493 e. The molecule has 0 saturated carbocycles. The molecule has 1 aromatic carbocycles. The Balaban J connectivity index is 3.02. The number of methoxy groups -OCH3 is 1. The second kappa shape index (κ2) is 6.87. The third kappa shape index (κ3) is 3.64. The molecule has 1 rings (SSSR count). The van der Waals surface area contributed by atoms with E-state index in [2.05, 4.69) is 11.4 Å². The zero-order chi connectivity index (χ0) is 13.5. The summed E-state index contributed by atoms with van der Waals surface area (Å²) >= 11 is 0. The fraction of sp³-hybridized carbons (Fsp3) is 0.500. The van der Waals surface area contributed by atoms with Gasteiger partial charge in [0.2, 0.25) is 0 Å². The molecular weight excluding hydrogens is 228 g/mol. The molecule has 0 amide bonds. The van der Waals surface area contributed by atoms with Gasteiger partial charge in [-0.25, -0.2) is 0 Å². The lowest BCUT2D eigenvalue weighted by molar-refractivity contribution is 0.310. The molecule has 18 heavy (non-hydrogen) atoms. The molecule has 1 N–H and O–H groups in total. The molecule has 0 radical (unpaired) electrons. The maximum Gasteiger partial charge on any atom is 0.161 e. The molecule has 0 aromatic heterocycles. The Hall–Kier alpha value is -1.73. The van der Waals surface area contributed by atoms with Crippen molar-refractivity contribution in [3.63, 3.8) is 0 Å². The van der Waals surface area contributed by atoms with Gasteiger partial charge in [-0.05, 0) is 38.5 Å². The van der Waals surface area contributed by atoms with Gasteiger partial charge >= 0.3 is 0 Å². The first-order valence-corrected chi connectivity index (χ1v) is 6.08. The number of hydrogen-bond donors (Lipinski definition) is 1. The van der Waals surface area contributed by atoms with Crippen molar-refractivity contribution in [1.82, 2.24) is 5.32 Å². The van der Waals surface area contributed by atoms with Crippen molar-refractivity contribution >= 4 is 0 Å². The smallest absolute Gasteiger partial charge is 0.161 e. The summed E-state index contributed by atoms with van der Waals surface area (Å²) in [4.78, 5) is 0. The number of nitriles is 1. The van der Waals surface area contributed by atoms with Crippen LogP contribution in [0.3, 0.4) is 0 Å². The number of benzene rings is 1. The summed E-state index contributed by atoms with van der Waals surface area (Å²) in [6.45, 7) is 6.50. The van der Waals surface area contributed by atoms with Gasteiger partial charge in [0.1, 0.15) is 6.04 Å². The van der Waals surface area contributed by atoms with Crippen LogP contribution in [0.5, 0.6) is 11.5 Å². The van der Waals surface area contributed by atoms with Crippen LogP contribution >= 0.6 is 0 Å². The minimum absolute atomic E-state index is 0.243. The summed E-state index contributed by atoms with van der Waals surface area (Å²) in [5, 5.41) is 12.4. The van der Waals surface area contributed by atoms with Crippen molar-refractivity contribution < 1.29 is 9.47 Å². The average molecular weight is 248 g/mol. The molecular formula is C14H20N2O2. The number of rotatable bonds is 6. The van der Waals surface area contributed by atoms with Gasteiger partial charge in [-0.3, -0.25) is 5.32 Å². The summed E-state index contributed by atoms with van der Waals surface area (Å²) < 4.78 is 10.7. The van der Waals surface area contributed by atoms with Gasteiger partial charge in [0.25, 0.3) is 0 Å². The second-order valence-corrected chi connectivity index (χ2v) is 4.23. The molecule has 0 spiro atoms. The Bertz CT molecular complexity index is 424. The van der Waals surface area contributed by atoms with Crippen molar-refractivity contribution in [1.29, 1.82) is 5.26 Å². The van der Waals surface area contributed by atoms with Gasteiger partial charge in [0, 0.05) is 6.04 Å². The normalized spacial score (nSPS) is 12.0. The van der Waals surface area contributed by atoms with E-state index in [0.29, 0.717) is 18.1 Å². The van der Waals surface area contributed by atoms with Gasteiger partial charge in [-0.15, -0.1) is 0 Å². The summed E-state index contributed by atoms with van der Waals surface area (Å²) in [6.07, 6.45) is 0. The van der Waals surface area contributed by atoms with E-state index in [4.69, 9.17) is 9.47 Å². The maximum atomic E-state index is 9.19. The molecule has 0 heterocycles. The van der Waals surface area contributed by atoms with E-state index in [1.54, 1.807) is 7.11 Å². The Labute approximate surface area is 109 Å². The lowest BCUT2D eigenvalue weighted by Gasteiger charge is -2.17. The first-order valence-electron chi connectivity index (χ1n) is 6.08. The van der Waals surface area contributed by atoms with E-state index in [-0.39, 0.29) is 12.1 Å². The number of hydrogen-bond acceptors (Lipinski definition) is 4. The molecule has 4 heteroatoms. The van der Waals surface area contributed by atoms with E-state index >= 15 is 0 Å². The van der Waals surface area contributed by atoms with Crippen LogP contribution in [0.4, 0.5) is 0 Å². The number of nitrogens with zero attached hydrogens (tertiary/aromatic N) is 1. The third-order valence-electron chi connectivity index (χ3n) is 2.45. The van der Waals surface area contributed by atoms with Crippen molar-refractivity contribution in [2.45, 2.75) is 32.9 Å². The first-order chi connectivity index (χ1) is 8.62. The second-order valence-electron chi connectivity index (χ2n) is 4.23. The fourth-order valence-corrected chi connectivity index (χ4v) is 1.68. The van der Waals surface area contributed by atoms with Crippen molar-refractivity contribution in [3.8, 4) is 17.6 Å². The molecule has 1 aromatic rings. The van der Waals surface area contributed by atoms with Crippen molar-refractivity contribution in [2.75, 3.05) is 13.7 Å². The molecule has 1 atom stereocenters. The predicted octanol–water partition coefficient (Wildman–Crippen LogP) is 2.66. The van der Waals surface area contributed by atoms with Gasteiger partial charge in [0.05, 0.1) is 19.8 Å². The molecule has 0 saturated heterocycles. The van der Waals surface area contributed by atoms with E-state index in [9.17, 15) is 5.26 Å². The lowest BCUT2D eigenvalue weighted by Crippen LogP contribution is -2.27. The van der Waals surface area contributed by atoms with Crippen LogP contribution in [0.15, 0.2) is 18.2 Å². The zero-order valence-corrected chi connectivity index (χ0v) is 11.4. The number of ether oxygens (including phenoxy) is 2. The Morgan fingerprint density at radius 2 is 2.06 bits per heavy atom. The summed E-state index contributed by atoms with van der Waals surface area (Å²) in [7, 11) is 1.60. The van der Waals surface area contributed by atoms with Crippen molar-refractivity contribution in [3.05, 3.63) is 23.8 Å². The highest BCUT2D eigenvalue weighted by atomic mass is 16.5. The van der Waals surface area contributed by atoms with E-state index < -0.39 is 0 Å². The highest BCUT2D eigenvalue weighted by molar-refractivity contribution is 5.44. The highest BCUT2D eigenvalue weighted by Crippen LogP contribution is 2.30. The van der Waals surface area contributed by atoms with Crippen LogP contribution in [-0.4, -0.2) is 19.8 Å². The highest BCUT2D eigenvalue weighted by Gasteiger charge is 2.14. The molecule has 0 aliphatic carbocycles. The van der Waals surface area contributed by atoms with E-state index in [1.807, 2.05) is 39.0 Å². The van der Waals surface area contributed by atoms with Crippen molar-refractivity contribution in [2.24, 2.45) is 0 Å². The Morgan fingerprint density at radius 3 is 2.56 bits per heavy atom. The first kappa shape index (κ1) is 14.3. The minimum atomic E-state index is -0.338. The summed E-state index contributed by atoms with van der Waals surface area (Å²) in [5.74, 6) is 1.35. The zero-order valence-electron chi connectivity index (χ0n) is 11.4. The number of nitrogens with one attached hydrogen (secondary N) is 1. The van der Waals surface area contributed by atoms with Crippen LogP contribution in [0.1, 0.15) is 32.4 Å². The monoisotopic (exact) mass is 248 g/mol. The summed E-state index contributed by atoms with van der Waals surface area (Å²) in [6, 6.07) is 7.71. The predicted molar refractivity (Wildman–Crippen MR) is 70.8 cm³/mol. The molecule has 0 bridgehead atoms. The summed E-state index contributed by atoms with van der Waals surface area (Å²) in [5.41, 5.74) is 0.885. The van der Waals surface area contributed by atoms with E-state index in [0.717, 1.165) is 5.56 Å². The maximum absolute atomic E-state index is 9.19. The fourth-order valence-electron chi connectivity index (χ4n) is 1.68. The van der Waals surface area contributed by atoms with Crippen LogP contribution in [-0.2, 0) is 0 Å². The lowest BCUT2D eigenvalue weighted by atomic mass is 10.1. The third-order valence-corrected chi connectivity index (χ3v) is 2.45. The topological polar surface area (TPSA) is 54.3 Å². The molecule has 4 nitrogen and oxygen atoms in total. The minimum Gasteiger partial charge on any atom is -0.493 e. The van der Waals surface area contributed by atoms with Crippen LogP contribution < -0.4 is 14.8 Å². The van der Waals surface area contributed by atoms with Crippen LogP contribution in [0, 0.1) is 11.3 Å². The quantitative estimate of drug-likeness (QED) is 0.841. The van der Waals surface area contributed by atoms with Gasteiger partial charge < -0.3 is 9.47 Å². The van der Waals surface area contributed by atoms with Crippen LogP contribution in [0.25, 0.3) is 0 Å². The molecule has 0 fully saturated rings. The molecule has 0 aliphatic heterocycles. The SMILES string of the molecule is CCOc1cc(C(C#N)NC(C)C)ccc1OC. The standard InChI is InChI=1S/C14H20N2O2/c1-5-18-14-8-11(6-7-13(14)17-4)12(9-15)16-10(2)3/h6-8,10,12,16H,5H2,1-4H3. The Kier molecular flexibility index (Phi) is 5.47.